The highest BCUT2D eigenvalue weighted by Crippen LogP contribution is 2.22. The van der Waals surface area contributed by atoms with Crippen molar-refractivity contribution in [2.45, 2.75) is 33.3 Å². The lowest BCUT2D eigenvalue weighted by Gasteiger charge is -2.29. The third-order valence-corrected chi connectivity index (χ3v) is 4.68. The normalized spacial score (nSPS) is 11.5. The van der Waals surface area contributed by atoms with Crippen LogP contribution in [0.3, 0.4) is 0 Å². The van der Waals surface area contributed by atoms with Gasteiger partial charge in [0.25, 0.3) is 11.0 Å². The van der Waals surface area contributed by atoms with Crippen LogP contribution in [0.15, 0.2) is 48.5 Å². The first-order valence-corrected chi connectivity index (χ1v) is 9.92. The van der Waals surface area contributed by atoms with Crippen molar-refractivity contribution in [3.63, 3.8) is 0 Å². The van der Waals surface area contributed by atoms with Crippen LogP contribution in [-0.2, 0) is 9.63 Å². The van der Waals surface area contributed by atoms with E-state index in [1.807, 2.05) is 0 Å². The standard InChI is InChI=1S/C22H25ClN2O6/c1-21(2,14-30-25(28)29)13-24-20(27)22(3,4)31-18-11-7-16(8-12-18)19(26)15-5-9-17(23)10-6-15/h5-12H,13-14H2,1-4H3,(H,24,27). The second-order valence-corrected chi connectivity index (χ2v) is 8.75. The van der Waals surface area contributed by atoms with Crippen molar-refractivity contribution < 1.29 is 24.3 Å². The highest BCUT2D eigenvalue weighted by atomic mass is 35.5. The van der Waals surface area contributed by atoms with Gasteiger partial charge in [0, 0.05) is 28.1 Å². The summed E-state index contributed by atoms with van der Waals surface area (Å²) in [5.41, 5.74) is -0.851. The molecular formula is C22H25ClN2O6. The van der Waals surface area contributed by atoms with Crippen LogP contribution < -0.4 is 10.1 Å². The van der Waals surface area contributed by atoms with Gasteiger partial charge >= 0.3 is 0 Å². The second-order valence-electron chi connectivity index (χ2n) is 8.32. The van der Waals surface area contributed by atoms with Crippen molar-refractivity contribution in [3.05, 3.63) is 74.8 Å². The number of rotatable bonds is 10. The van der Waals surface area contributed by atoms with E-state index >= 15 is 0 Å². The number of nitrogens with zero attached hydrogens (tertiary/aromatic N) is 1. The van der Waals surface area contributed by atoms with E-state index in [1.54, 1.807) is 76.2 Å². The van der Waals surface area contributed by atoms with E-state index in [4.69, 9.17) is 16.3 Å². The Bertz CT molecular complexity index is 939. The molecule has 0 saturated carbocycles. The molecule has 0 spiro atoms. The Morgan fingerprint density at radius 2 is 1.52 bits per heavy atom. The molecule has 0 atom stereocenters. The van der Waals surface area contributed by atoms with Gasteiger partial charge in [0.1, 0.15) is 12.4 Å². The predicted octanol–water partition coefficient (Wildman–Crippen LogP) is 4.08. The van der Waals surface area contributed by atoms with Gasteiger partial charge in [-0.05, 0) is 62.4 Å². The number of ether oxygens (including phenoxy) is 1. The van der Waals surface area contributed by atoms with Gasteiger partial charge in [-0.25, -0.2) is 0 Å². The van der Waals surface area contributed by atoms with Gasteiger partial charge in [0.05, 0.1) is 0 Å². The Morgan fingerprint density at radius 1 is 1.00 bits per heavy atom. The van der Waals surface area contributed by atoms with Gasteiger partial charge in [-0.1, -0.05) is 25.4 Å². The minimum Gasteiger partial charge on any atom is -0.478 e. The Labute approximate surface area is 185 Å². The first-order chi connectivity index (χ1) is 14.4. The highest BCUT2D eigenvalue weighted by molar-refractivity contribution is 6.30. The summed E-state index contributed by atoms with van der Waals surface area (Å²) in [6.07, 6.45) is 0. The molecule has 8 nitrogen and oxygen atoms in total. The molecule has 0 aliphatic carbocycles. The average Bonchev–Trinajstić information content (AvgIpc) is 2.71. The predicted molar refractivity (Wildman–Crippen MR) is 116 cm³/mol. The lowest BCUT2D eigenvalue weighted by atomic mass is 9.94. The average molecular weight is 449 g/mol. The van der Waals surface area contributed by atoms with Crippen LogP contribution in [0.25, 0.3) is 0 Å². The van der Waals surface area contributed by atoms with Crippen molar-refractivity contribution in [2.75, 3.05) is 13.2 Å². The molecular weight excluding hydrogens is 424 g/mol. The van der Waals surface area contributed by atoms with Crippen molar-refractivity contribution in [1.29, 1.82) is 0 Å². The number of carbonyl (C=O) groups excluding carboxylic acids is 2. The molecule has 9 heteroatoms. The molecule has 0 saturated heterocycles. The number of benzene rings is 2. The van der Waals surface area contributed by atoms with Crippen LogP contribution in [-0.4, -0.2) is 35.5 Å². The second kappa shape index (κ2) is 9.78. The van der Waals surface area contributed by atoms with E-state index in [9.17, 15) is 19.7 Å². The van der Waals surface area contributed by atoms with E-state index in [1.165, 1.54) is 0 Å². The maximum absolute atomic E-state index is 12.6. The summed E-state index contributed by atoms with van der Waals surface area (Å²) < 4.78 is 5.80. The molecule has 1 N–H and O–H groups in total. The van der Waals surface area contributed by atoms with Gasteiger partial charge in [-0.3, -0.25) is 9.59 Å². The summed E-state index contributed by atoms with van der Waals surface area (Å²) in [6.45, 7) is 6.71. The molecule has 0 radical (unpaired) electrons. The number of hydrogen-bond donors (Lipinski definition) is 1. The Kier molecular flexibility index (Phi) is 7.62. The lowest BCUT2D eigenvalue weighted by molar-refractivity contribution is -0.760. The minimum absolute atomic E-state index is 0.148. The van der Waals surface area contributed by atoms with Crippen LogP contribution in [0.4, 0.5) is 0 Å². The number of ketones is 1. The fraction of sp³-hybridized carbons (Fsp3) is 0.364. The number of hydrogen-bond acceptors (Lipinski definition) is 6. The van der Waals surface area contributed by atoms with Crippen LogP contribution in [0, 0.1) is 15.5 Å². The molecule has 2 aromatic carbocycles. The quantitative estimate of drug-likeness (QED) is 0.333. The summed E-state index contributed by atoms with van der Waals surface area (Å²) in [5.74, 6) is -0.119. The third kappa shape index (κ3) is 7.25. The lowest BCUT2D eigenvalue weighted by Crippen LogP contribution is -2.49. The summed E-state index contributed by atoms with van der Waals surface area (Å²) in [6, 6.07) is 13.1. The fourth-order valence-corrected chi connectivity index (χ4v) is 2.72. The van der Waals surface area contributed by atoms with Crippen molar-refractivity contribution in [2.24, 2.45) is 5.41 Å². The molecule has 0 aliphatic heterocycles. The number of amides is 1. The molecule has 0 unspecified atom stereocenters. The maximum Gasteiger partial charge on any atom is 0.294 e. The highest BCUT2D eigenvalue weighted by Gasteiger charge is 2.31. The number of carbonyl (C=O) groups is 2. The van der Waals surface area contributed by atoms with E-state index in [-0.39, 0.29) is 24.8 Å². The van der Waals surface area contributed by atoms with Crippen LogP contribution >= 0.6 is 11.6 Å². The van der Waals surface area contributed by atoms with Gasteiger partial charge in [-0.2, -0.15) is 0 Å². The van der Waals surface area contributed by atoms with E-state index in [2.05, 4.69) is 10.2 Å². The molecule has 0 bridgehead atoms. The van der Waals surface area contributed by atoms with Crippen molar-refractivity contribution in [3.8, 4) is 5.75 Å². The Hall–Kier alpha value is -3.13. The topological polar surface area (TPSA) is 108 Å². The summed E-state index contributed by atoms with van der Waals surface area (Å²) in [4.78, 5) is 39.9. The Balaban J connectivity index is 1.97. The fourth-order valence-electron chi connectivity index (χ4n) is 2.59. The first-order valence-electron chi connectivity index (χ1n) is 9.55. The van der Waals surface area contributed by atoms with Gasteiger partial charge < -0.3 is 14.9 Å². The SMILES string of the molecule is CC(C)(CNC(=O)C(C)(C)Oc1ccc(C(=O)c2ccc(Cl)cc2)cc1)CO[N+](=O)[O-]. The largest absolute Gasteiger partial charge is 0.478 e. The van der Waals surface area contributed by atoms with Crippen LogP contribution in [0.5, 0.6) is 5.75 Å². The molecule has 2 aromatic rings. The van der Waals surface area contributed by atoms with Crippen LogP contribution in [0.2, 0.25) is 5.02 Å². The molecule has 1 amide bonds. The summed E-state index contributed by atoms with van der Waals surface area (Å²) >= 11 is 5.85. The number of halogens is 1. The van der Waals surface area contributed by atoms with Crippen molar-refractivity contribution >= 4 is 23.3 Å². The number of nitrogens with one attached hydrogen (secondary N) is 1. The van der Waals surface area contributed by atoms with E-state index in [0.29, 0.717) is 21.9 Å². The smallest absolute Gasteiger partial charge is 0.294 e. The molecule has 2 rings (SSSR count). The van der Waals surface area contributed by atoms with E-state index in [0.717, 1.165) is 0 Å². The van der Waals surface area contributed by atoms with Gasteiger partial charge in [0.15, 0.2) is 11.4 Å². The molecule has 31 heavy (non-hydrogen) atoms. The zero-order valence-electron chi connectivity index (χ0n) is 17.8. The zero-order valence-corrected chi connectivity index (χ0v) is 18.6. The summed E-state index contributed by atoms with van der Waals surface area (Å²) in [5, 5.41) is 12.8. The molecule has 0 aliphatic rings. The molecule has 0 aromatic heterocycles. The molecule has 0 heterocycles. The third-order valence-electron chi connectivity index (χ3n) is 4.43. The van der Waals surface area contributed by atoms with Crippen molar-refractivity contribution in [1.82, 2.24) is 5.32 Å². The molecule has 166 valence electrons. The zero-order chi connectivity index (χ0) is 23.2. The molecule has 0 fully saturated rings. The van der Waals surface area contributed by atoms with Gasteiger partial charge in [0.2, 0.25) is 0 Å². The van der Waals surface area contributed by atoms with Crippen LogP contribution in [0.1, 0.15) is 43.6 Å². The van der Waals surface area contributed by atoms with Gasteiger partial charge in [-0.15, -0.1) is 10.1 Å². The monoisotopic (exact) mass is 448 g/mol. The minimum atomic E-state index is -1.21. The Morgan fingerprint density at radius 3 is 2.03 bits per heavy atom. The maximum atomic E-state index is 12.6. The first kappa shape index (κ1) is 24.1. The van der Waals surface area contributed by atoms with E-state index < -0.39 is 16.1 Å². The summed E-state index contributed by atoms with van der Waals surface area (Å²) in [7, 11) is 0.